The third-order valence-corrected chi connectivity index (χ3v) is 4.80. The van der Waals surface area contributed by atoms with E-state index in [1.807, 2.05) is 24.3 Å². The second kappa shape index (κ2) is 9.02. The van der Waals surface area contributed by atoms with Crippen LogP contribution in [0, 0.1) is 0 Å². The highest BCUT2D eigenvalue weighted by Gasteiger charge is 2.38. The van der Waals surface area contributed by atoms with Gasteiger partial charge in [0.2, 0.25) is 5.91 Å². The van der Waals surface area contributed by atoms with Gasteiger partial charge in [-0.3, -0.25) is 9.18 Å². The summed E-state index contributed by atoms with van der Waals surface area (Å²) in [6.07, 6.45) is 2.60. The largest absolute Gasteiger partial charge is 0.494 e. The molecule has 1 fully saturated rings. The van der Waals surface area contributed by atoms with Gasteiger partial charge in [-0.1, -0.05) is 12.1 Å². The highest BCUT2D eigenvalue weighted by Crippen LogP contribution is 2.28. The summed E-state index contributed by atoms with van der Waals surface area (Å²) in [5.41, 5.74) is 7.06. The average molecular weight is 380 g/mol. The number of rotatable bonds is 8. The summed E-state index contributed by atoms with van der Waals surface area (Å²) in [6.45, 7) is 8.61. The fraction of sp³-hybridized carbons (Fsp3) is 0.667. The first-order chi connectivity index (χ1) is 12.6. The van der Waals surface area contributed by atoms with Gasteiger partial charge in [0.1, 0.15) is 5.75 Å². The topological polar surface area (TPSA) is 76.4 Å². The van der Waals surface area contributed by atoms with Gasteiger partial charge in [-0.2, -0.15) is 0 Å². The van der Waals surface area contributed by atoms with Crippen LogP contribution in [0.3, 0.4) is 0 Å². The van der Waals surface area contributed by atoms with E-state index in [0.29, 0.717) is 25.2 Å². The molecular formula is C21H34FN3O2. The van der Waals surface area contributed by atoms with Gasteiger partial charge < -0.3 is 21.1 Å². The predicted octanol–water partition coefficient (Wildman–Crippen LogP) is 2.72. The lowest BCUT2D eigenvalue weighted by atomic mass is 9.79. The second-order valence-electron chi connectivity index (χ2n) is 8.85. The smallest absolute Gasteiger partial charge is 0.237 e. The Morgan fingerprint density at radius 1 is 1.26 bits per heavy atom. The van der Waals surface area contributed by atoms with Gasteiger partial charge in [-0.25, -0.2) is 0 Å². The molecule has 2 rings (SSSR count). The molecule has 152 valence electrons. The maximum absolute atomic E-state index is 12.6. The summed E-state index contributed by atoms with van der Waals surface area (Å²) in [6, 6.07) is 6.97. The van der Waals surface area contributed by atoms with Gasteiger partial charge in [0, 0.05) is 23.5 Å². The molecule has 1 aliphatic heterocycles. The molecule has 27 heavy (non-hydrogen) atoms. The van der Waals surface area contributed by atoms with E-state index >= 15 is 0 Å². The number of carbonyl (C=O) groups is 1. The summed E-state index contributed by atoms with van der Waals surface area (Å²) in [5, 5.41) is 6.74. The molecule has 0 aromatic heterocycles. The maximum atomic E-state index is 12.6. The monoisotopic (exact) mass is 379 g/mol. The number of ether oxygens (including phenoxy) is 1. The molecule has 1 heterocycles. The second-order valence-corrected chi connectivity index (χ2v) is 8.85. The molecule has 0 radical (unpaired) electrons. The standard InChI is InChI=1S/C21H34FN3O2/c1-20(2)13-16(14-21(3,4)25-20)24-19(26)18(23)12-15-6-8-17(9-7-15)27-11-5-10-22/h6-9,16,18,25H,5,10-14,23H2,1-4H3,(H,24,26)/t18-/m0/s1. The summed E-state index contributed by atoms with van der Waals surface area (Å²) in [4.78, 5) is 12.6. The van der Waals surface area contributed by atoms with E-state index < -0.39 is 6.04 Å². The van der Waals surface area contributed by atoms with Gasteiger partial charge in [0.15, 0.2) is 0 Å². The molecular weight excluding hydrogens is 345 g/mol. The lowest BCUT2D eigenvalue weighted by Gasteiger charge is -2.46. The zero-order chi connectivity index (χ0) is 20.1. The minimum Gasteiger partial charge on any atom is -0.494 e. The highest BCUT2D eigenvalue weighted by atomic mass is 19.1. The van der Waals surface area contributed by atoms with Crippen LogP contribution in [0.1, 0.15) is 52.5 Å². The Hall–Kier alpha value is -1.66. The summed E-state index contributed by atoms with van der Waals surface area (Å²) < 4.78 is 17.5. The molecule has 4 N–H and O–H groups in total. The summed E-state index contributed by atoms with van der Waals surface area (Å²) in [7, 11) is 0. The Labute approximate surface area is 162 Å². The molecule has 0 bridgehead atoms. The van der Waals surface area contributed by atoms with Crippen LogP contribution in [0.5, 0.6) is 5.75 Å². The zero-order valence-corrected chi connectivity index (χ0v) is 17.0. The average Bonchev–Trinajstić information content (AvgIpc) is 2.53. The van der Waals surface area contributed by atoms with Crippen molar-refractivity contribution in [2.75, 3.05) is 13.3 Å². The van der Waals surface area contributed by atoms with Gasteiger partial charge in [0.25, 0.3) is 0 Å². The molecule has 0 spiro atoms. The molecule has 6 heteroatoms. The number of carbonyl (C=O) groups excluding carboxylic acids is 1. The number of hydrogen-bond acceptors (Lipinski definition) is 4. The molecule has 0 aliphatic carbocycles. The highest BCUT2D eigenvalue weighted by molar-refractivity contribution is 5.82. The number of halogens is 1. The summed E-state index contributed by atoms with van der Waals surface area (Å²) >= 11 is 0. The molecule has 1 aromatic carbocycles. The van der Waals surface area contributed by atoms with Crippen LogP contribution in [0.15, 0.2) is 24.3 Å². The minimum absolute atomic E-state index is 0.0260. The van der Waals surface area contributed by atoms with Crippen molar-refractivity contribution in [3.05, 3.63) is 29.8 Å². The Morgan fingerprint density at radius 3 is 2.41 bits per heavy atom. The van der Waals surface area contributed by atoms with Crippen LogP contribution in [-0.2, 0) is 11.2 Å². The van der Waals surface area contributed by atoms with E-state index in [9.17, 15) is 9.18 Å². The lowest BCUT2D eigenvalue weighted by Crippen LogP contribution is -2.63. The van der Waals surface area contributed by atoms with Crippen molar-refractivity contribution >= 4 is 5.91 Å². The van der Waals surface area contributed by atoms with Gasteiger partial charge in [-0.15, -0.1) is 0 Å². The van der Waals surface area contributed by atoms with Crippen LogP contribution in [0.4, 0.5) is 4.39 Å². The number of nitrogens with one attached hydrogen (secondary N) is 2. The van der Waals surface area contributed by atoms with Crippen LogP contribution < -0.4 is 21.1 Å². The number of hydrogen-bond donors (Lipinski definition) is 3. The van der Waals surface area contributed by atoms with E-state index in [2.05, 4.69) is 38.3 Å². The number of alkyl halides is 1. The number of benzene rings is 1. The van der Waals surface area contributed by atoms with Crippen LogP contribution >= 0.6 is 0 Å². The first-order valence-corrected chi connectivity index (χ1v) is 9.73. The van der Waals surface area contributed by atoms with Crippen molar-refractivity contribution in [3.63, 3.8) is 0 Å². The van der Waals surface area contributed by atoms with E-state index in [-0.39, 0.29) is 29.7 Å². The Balaban J connectivity index is 1.86. The van der Waals surface area contributed by atoms with Gasteiger partial charge >= 0.3 is 0 Å². The summed E-state index contributed by atoms with van der Waals surface area (Å²) in [5.74, 6) is 0.584. The van der Waals surface area contributed by atoms with Gasteiger partial charge in [0.05, 0.1) is 19.3 Å². The normalized spacial score (nSPS) is 20.1. The Morgan fingerprint density at radius 2 is 1.85 bits per heavy atom. The fourth-order valence-corrected chi connectivity index (χ4v) is 4.05. The third kappa shape index (κ3) is 7.11. The molecule has 1 amide bonds. The van der Waals surface area contributed by atoms with Crippen molar-refractivity contribution in [1.29, 1.82) is 0 Å². The van der Waals surface area contributed by atoms with Crippen LogP contribution in [-0.4, -0.2) is 42.4 Å². The molecule has 1 saturated heterocycles. The van der Waals surface area contributed by atoms with Crippen LogP contribution in [0.2, 0.25) is 0 Å². The maximum Gasteiger partial charge on any atom is 0.237 e. The third-order valence-electron chi connectivity index (χ3n) is 4.80. The SMILES string of the molecule is CC1(C)CC(NC(=O)[C@@H](N)Cc2ccc(OCCCF)cc2)CC(C)(C)N1. The van der Waals surface area contributed by atoms with Crippen molar-refractivity contribution in [1.82, 2.24) is 10.6 Å². The predicted molar refractivity (Wildman–Crippen MR) is 107 cm³/mol. The van der Waals surface area contributed by atoms with Crippen LogP contribution in [0.25, 0.3) is 0 Å². The van der Waals surface area contributed by atoms with Crippen molar-refractivity contribution < 1.29 is 13.9 Å². The minimum atomic E-state index is -0.593. The van der Waals surface area contributed by atoms with E-state index in [1.165, 1.54) is 0 Å². The van der Waals surface area contributed by atoms with E-state index in [4.69, 9.17) is 10.5 Å². The molecule has 1 aromatic rings. The quantitative estimate of drug-likeness (QED) is 0.607. The first-order valence-electron chi connectivity index (χ1n) is 9.73. The van der Waals surface area contributed by atoms with E-state index in [1.54, 1.807) is 0 Å². The van der Waals surface area contributed by atoms with Crippen molar-refractivity contribution in [2.45, 2.75) is 76.5 Å². The number of amides is 1. The fourth-order valence-electron chi connectivity index (χ4n) is 4.05. The zero-order valence-electron chi connectivity index (χ0n) is 17.0. The lowest BCUT2D eigenvalue weighted by molar-refractivity contribution is -0.123. The molecule has 0 unspecified atom stereocenters. The van der Waals surface area contributed by atoms with Crippen molar-refractivity contribution in [3.8, 4) is 5.75 Å². The van der Waals surface area contributed by atoms with Crippen molar-refractivity contribution in [2.24, 2.45) is 5.73 Å². The Bertz CT molecular complexity index is 600. The number of piperidine rings is 1. The first kappa shape index (κ1) is 21.6. The molecule has 5 nitrogen and oxygen atoms in total. The number of nitrogens with two attached hydrogens (primary N) is 1. The molecule has 0 saturated carbocycles. The molecule has 1 atom stereocenters. The van der Waals surface area contributed by atoms with Gasteiger partial charge in [-0.05, 0) is 64.7 Å². The molecule has 1 aliphatic rings. The Kier molecular flexibility index (Phi) is 7.23. The van der Waals surface area contributed by atoms with E-state index in [0.717, 1.165) is 18.4 Å².